The molecule has 0 radical (unpaired) electrons. The Kier molecular flexibility index (Phi) is 7.15. The number of carbonyl (C=O) groups is 2. The lowest BCUT2D eigenvalue weighted by Gasteiger charge is -2.25. The number of benzene rings is 1. The van der Waals surface area contributed by atoms with Crippen molar-refractivity contribution in [1.82, 2.24) is 9.88 Å². The van der Waals surface area contributed by atoms with E-state index in [0.29, 0.717) is 41.7 Å². The van der Waals surface area contributed by atoms with Crippen LogP contribution in [-0.4, -0.2) is 48.6 Å². The number of carbonyl (C=O) groups excluding carboxylic acids is 2. The van der Waals surface area contributed by atoms with Crippen LogP contribution in [0.4, 0.5) is 19.7 Å². The number of nitrogens with one attached hydrogen (secondary N) is 1. The number of alkyl carbamates (subject to hydrolysis) is 1. The van der Waals surface area contributed by atoms with E-state index in [4.69, 9.17) is 15.2 Å². The van der Waals surface area contributed by atoms with Crippen LogP contribution in [-0.2, 0) is 15.9 Å². The second kappa shape index (κ2) is 9.99. The Labute approximate surface area is 209 Å². The number of pyridine rings is 1. The van der Waals surface area contributed by atoms with Gasteiger partial charge in [-0.25, -0.2) is 14.0 Å². The fraction of sp³-hybridized carbons (Fsp3) is 0.577. The molecule has 1 aromatic heterocycles. The van der Waals surface area contributed by atoms with E-state index in [-0.39, 0.29) is 36.5 Å². The van der Waals surface area contributed by atoms with Crippen molar-refractivity contribution in [3.63, 3.8) is 0 Å². The second-order valence-corrected chi connectivity index (χ2v) is 10.7. The standard InChI is InChI=1S/C26H35FN4O5/c1-15-22-19(12-20(27)23(15)30-10-8-16(13-30)14-35-24(28)33)17(11-21(32)31(22)18-5-6-18)7-9-29-25(34)36-26(2,3)4/h11-12,16,18H,5-10,13-14H2,1-4H3,(H2,28,33)(H,29,34). The topological polar surface area (TPSA) is 116 Å². The highest BCUT2D eigenvalue weighted by molar-refractivity contribution is 5.90. The first kappa shape index (κ1) is 25.8. The number of primary amides is 1. The van der Waals surface area contributed by atoms with Gasteiger partial charge in [0.2, 0.25) is 0 Å². The molecule has 1 saturated heterocycles. The van der Waals surface area contributed by atoms with Gasteiger partial charge < -0.3 is 30.0 Å². The number of rotatable bonds is 7. The maximum absolute atomic E-state index is 15.6. The van der Waals surface area contributed by atoms with Gasteiger partial charge in [-0.3, -0.25) is 4.79 Å². The number of hydrogen-bond donors (Lipinski definition) is 2. The fourth-order valence-corrected chi connectivity index (χ4v) is 4.99. The zero-order valence-electron chi connectivity index (χ0n) is 21.4. The summed E-state index contributed by atoms with van der Waals surface area (Å²) in [6.07, 6.45) is 1.59. The molecule has 1 atom stereocenters. The molecule has 1 unspecified atom stereocenters. The Hall–Kier alpha value is -3.30. The Bertz CT molecular complexity index is 1230. The van der Waals surface area contributed by atoms with Crippen LogP contribution in [0.15, 0.2) is 16.9 Å². The maximum atomic E-state index is 15.6. The van der Waals surface area contributed by atoms with Gasteiger partial charge in [0.1, 0.15) is 11.4 Å². The summed E-state index contributed by atoms with van der Waals surface area (Å²) in [5.41, 5.74) is 6.97. The van der Waals surface area contributed by atoms with Crippen molar-refractivity contribution < 1.29 is 23.5 Å². The number of anilines is 1. The summed E-state index contributed by atoms with van der Waals surface area (Å²) >= 11 is 0. The number of fused-ring (bicyclic) bond motifs is 1. The smallest absolute Gasteiger partial charge is 0.407 e. The van der Waals surface area contributed by atoms with Crippen LogP contribution >= 0.6 is 0 Å². The monoisotopic (exact) mass is 502 g/mol. The molecule has 10 heteroatoms. The van der Waals surface area contributed by atoms with E-state index in [9.17, 15) is 14.4 Å². The molecule has 0 bridgehead atoms. The molecule has 1 saturated carbocycles. The molecule has 2 fully saturated rings. The molecule has 1 aliphatic carbocycles. The molecular formula is C26H35FN4O5. The van der Waals surface area contributed by atoms with E-state index in [1.165, 1.54) is 6.07 Å². The van der Waals surface area contributed by atoms with Crippen molar-refractivity contribution in [2.24, 2.45) is 11.7 Å². The van der Waals surface area contributed by atoms with Crippen molar-refractivity contribution >= 4 is 28.8 Å². The zero-order chi connectivity index (χ0) is 26.2. The number of aromatic nitrogens is 1. The van der Waals surface area contributed by atoms with E-state index in [1.54, 1.807) is 31.4 Å². The third kappa shape index (κ3) is 5.74. The van der Waals surface area contributed by atoms with Crippen LogP contribution in [0.5, 0.6) is 0 Å². The Morgan fingerprint density at radius 3 is 2.58 bits per heavy atom. The van der Waals surface area contributed by atoms with Crippen LogP contribution in [0.3, 0.4) is 0 Å². The summed E-state index contributed by atoms with van der Waals surface area (Å²) in [6, 6.07) is 3.18. The van der Waals surface area contributed by atoms with Crippen molar-refractivity contribution in [1.29, 1.82) is 0 Å². The minimum atomic E-state index is -0.816. The molecule has 3 N–H and O–H groups in total. The highest BCUT2D eigenvalue weighted by Crippen LogP contribution is 2.40. The minimum Gasteiger partial charge on any atom is -0.449 e. The number of halogens is 1. The van der Waals surface area contributed by atoms with Gasteiger partial charge >= 0.3 is 12.2 Å². The van der Waals surface area contributed by atoms with E-state index < -0.39 is 17.8 Å². The van der Waals surface area contributed by atoms with E-state index >= 15 is 4.39 Å². The lowest BCUT2D eigenvalue weighted by atomic mass is 10.00. The van der Waals surface area contributed by atoms with Crippen LogP contribution in [0, 0.1) is 18.7 Å². The average molecular weight is 503 g/mol. The summed E-state index contributed by atoms with van der Waals surface area (Å²) in [5, 5.41) is 3.39. The number of nitrogens with two attached hydrogens (primary N) is 1. The van der Waals surface area contributed by atoms with Crippen LogP contribution in [0.1, 0.15) is 57.2 Å². The summed E-state index contributed by atoms with van der Waals surface area (Å²) in [5.74, 6) is -0.304. The first-order valence-corrected chi connectivity index (χ1v) is 12.5. The van der Waals surface area contributed by atoms with Gasteiger partial charge in [-0.05, 0) is 70.6 Å². The maximum Gasteiger partial charge on any atom is 0.407 e. The van der Waals surface area contributed by atoms with Crippen molar-refractivity contribution in [3.8, 4) is 0 Å². The van der Waals surface area contributed by atoms with Gasteiger partial charge in [-0.1, -0.05) is 0 Å². The fourth-order valence-electron chi connectivity index (χ4n) is 4.99. The molecule has 0 spiro atoms. The minimum absolute atomic E-state index is 0.0582. The third-order valence-electron chi connectivity index (χ3n) is 6.62. The highest BCUT2D eigenvalue weighted by atomic mass is 19.1. The number of hydrogen-bond acceptors (Lipinski definition) is 6. The largest absolute Gasteiger partial charge is 0.449 e. The third-order valence-corrected chi connectivity index (χ3v) is 6.62. The van der Waals surface area contributed by atoms with E-state index in [2.05, 4.69) is 5.32 Å². The van der Waals surface area contributed by atoms with Gasteiger partial charge in [0.15, 0.2) is 0 Å². The predicted octanol–water partition coefficient (Wildman–Crippen LogP) is 3.77. The van der Waals surface area contributed by atoms with Crippen LogP contribution in [0.2, 0.25) is 0 Å². The number of ether oxygens (including phenoxy) is 2. The van der Waals surface area contributed by atoms with Gasteiger partial charge in [0.05, 0.1) is 17.8 Å². The van der Waals surface area contributed by atoms with Gasteiger partial charge in [-0.15, -0.1) is 0 Å². The number of nitrogens with zero attached hydrogens (tertiary/aromatic N) is 2. The summed E-state index contributed by atoms with van der Waals surface area (Å²) in [7, 11) is 0. The summed E-state index contributed by atoms with van der Waals surface area (Å²) in [4.78, 5) is 38.1. The molecule has 2 heterocycles. The molecule has 196 valence electrons. The van der Waals surface area contributed by atoms with Gasteiger partial charge in [0, 0.05) is 43.0 Å². The predicted molar refractivity (Wildman–Crippen MR) is 135 cm³/mol. The first-order valence-electron chi connectivity index (χ1n) is 12.5. The lowest BCUT2D eigenvalue weighted by Crippen LogP contribution is -2.33. The highest BCUT2D eigenvalue weighted by Gasteiger charge is 2.31. The van der Waals surface area contributed by atoms with E-state index in [0.717, 1.165) is 24.8 Å². The van der Waals surface area contributed by atoms with Crippen molar-refractivity contribution in [2.75, 3.05) is 31.1 Å². The van der Waals surface area contributed by atoms with Gasteiger partial charge in [-0.2, -0.15) is 0 Å². The molecule has 2 aliphatic rings. The van der Waals surface area contributed by atoms with Crippen molar-refractivity contribution in [3.05, 3.63) is 39.4 Å². The molecular weight excluding hydrogens is 467 g/mol. The molecule has 2 aromatic rings. The lowest BCUT2D eigenvalue weighted by molar-refractivity contribution is 0.0528. The Morgan fingerprint density at radius 1 is 1.22 bits per heavy atom. The molecule has 36 heavy (non-hydrogen) atoms. The quantitative estimate of drug-likeness (QED) is 0.595. The molecule has 2 amide bonds. The second-order valence-electron chi connectivity index (χ2n) is 10.7. The SMILES string of the molecule is Cc1c(N2CCC(COC(N)=O)C2)c(F)cc2c(CCNC(=O)OC(C)(C)C)cc(=O)n(C3CC3)c12. The summed E-state index contributed by atoms with van der Waals surface area (Å²) < 4.78 is 27.6. The summed E-state index contributed by atoms with van der Waals surface area (Å²) in [6.45, 7) is 8.81. The first-order chi connectivity index (χ1) is 16.9. The zero-order valence-corrected chi connectivity index (χ0v) is 21.4. The molecule has 9 nitrogen and oxygen atoms in total. The van der Waals surface area contributed by atoms with Crippen LogP contribution < -0.4 is 21.5 Å². The molecule has 1 aromatic carbocycles. The normalized spacial score (nSPS) is 17.9. The van der Waals surface area contributed by atoms with E-state index in [1.807, 2.05) is 11.8 Å². The Balaban J connectivity index is 1.65. The van der Waals surface area contributed by atoms with Crippen molar-refractivity contribution in [2.45, 2.75) is 65.0 Å². The number of aryl methyl sites for hydroxylation is 1. The van der Waals surface area contributed by atoms with Crippen LogP contribution in [0.25, 0.3) is 10.9 Å². The molecule has 1 aliphatic heterocycles. The number of amides is 2. The molecule has 4 rings (SSSR count). The Morgan fingerprint density at radius 2 is 1.94 bits per heavy atom. The van der Waals surface area contributed by atoms with Gasteiger partial charge in [0.25, 0.3) is 5.56 Å². The average Bonchev–Trinajstić information content (AvgIpc) is 3.49.